The van der Waals surface area contributed by atoms with Crippen molar-refractivity contribution in [1.82, 2.24) is 0 Å². The zero-order valence-electron chi connectivity index (χ0n) is 6.41. The van der Waals surface area contributed by atoms with Gasteiger partial charge >= 0.3 is 0 Å². The normalized spacial score (nSPS) is 21.0. The highest BCUT2D eigenvalue weighted by molar-refractivity contribution is 7.99. The van der Waals surface area contributed by atoms with Gasteiger partial charge in [0.25, 0.3) is 0 Å². The van der Waals surface area contributed by atoms with Crippen molar-refractivity contribution in [3.05, 3.63) is 29.8 Å². The Kier molecular flexibility index (Phi) is 1.78. The average Bonchev–Trinajstić information content (AvgIpc) is 2.46. The monoisotopic (exact) mass is 166 g/mol. The smallest absolute Gasteiger partial charge is 0.148 e. The molecule has 0 saturated carbocycles. The maximum Gasteiger partial charge on any atom is 0.148 e. The number of fused-ring (bicyclic) bond motifs is 1. The van der Waals surface area contributed by atoms with Crippen LogP contribution in [0.2, 0.25) is 0 Å². The minimum absolute atomic E-state index is 0.340. The molecule has 2 rings (SSSR count). The Morgan fingerprint density at radius 1 is 1.45 bits per heavy atom. The van der Waals surface area contributed by atoms with E-state index in [-0.39, 0.29) is 0 Å². The number of benzene rings is 1. The van der Waals surface area contributed by atoms with Crippen LogP contribution in [-0.2, 0) is 6.42 Å². The highest BCUT2D eigenvalue weighted by Crippen LogP contribution is 2.31. The largest absolute Gasteiger partial charge is 0.479 e. The summed E-state index contributed by atoms with van der Waals surface area (Å²) in [4.78, 5) is 0. The van der Waals surface area contributed by atoms with Crippen molar-refractivity contribution in [3.8, 4) is 5.75 Å². The summed E-state index contributed by atoms with van der Waals surface area (Å²) in [7, 11) is 0. The third kappa shape index (κ3) is 1.23. The standard InChI is InChI=1S/C9H10OS/c1-11-9-6-7-4-2-3-5-8(7)10-9/h2-5,9H,6H2,1H3. The van der Waals surface area contributed by atoms with E-state index in [2.05, 4.69) is 18.4 Å². The molecule has 0 aromatic heterocycles. The molecular formula is C9H10OS. The van der Waals surface area contributed by atoms with Crippen LogP contribution in [0.1, 0.15) is 5.56 Å². The Hall–Kier alpha value is -0.630. The van der Waals surface area contributed by atoms with E-state index in [0.717, 1.165) is 12.2 Å². The molecule has 0 saturated heterocycles. The summed E-state index contributed by atoms with van der Waals surface area (Å²) in [5, 5.41) is 0. The molecule has 1 aliphatic rings. The summed E-state index contributed by atoms with van der Waals surface area (Å²) in [6.45, 7) is 0. The van der Waals surface area contributed by atoms with E-state index in [1.807, 2.05) is 12.1 Å². The van der Waals surface area contributed by atoms with Crippen LogP contribution < -0.4 is 4.74 Å². The molecule has 0 amide bonds. The molecule has 0 spiro atoms. The Bertz CT molecular complexity index is 234. The molecular weight excluding hydrogens is 156 g/mol. The molecule has 1 unspecified atom stereocenters. The predicted molar refractivity (Wildman–Crippen MR) is 48.1 cm³/mol. The molecule has 2 heteroatoms. The van der Waals surface area contributed by atoms with Crippen LogP contribution >= 0.6 is 11.8 Å². The molecule has 0 bridgehead atoms. The fourth-order valence-corrected chi connectivity index (χ4v) is 1.83. The zero-order chi connectivity index (χ0) is 7.68. The van der Waals surface area contributed by atoms with Gasteiger partial charge in [-0.05, 0) is 17.9 Å². The summed E-state index contributed by atoms with van der Waals surface area (Å²) in [6.07, 6.45) is 3.13. The van der Waals surface area contributed by atoms with Gasteiger partial charge in [0.2, 0.25) is 0 Å². The Morgan fingerprint density at radius 2 is 2.27 bits per heavy atom. The minimum atomic E-state index is 0.340. The van der Waals surface area contributed by atoms with Gasteiger partial charge < -0.3 is 4.74 Å². The van der Waals surface area contributed by atoms with E-state index in [1.54, 1.807) is 11.8 Å². The van der Waals surface area contributed by atoms with Gasteiger partial charge in [-0.2, -0.15) is 0 Å². The van der Waals surface area contributed by atoms with Crippen LogP contribution in [0, 0.1) is 0 Å². The summed E-state index contributed by atoms with van der Waals surface area (Å²) in [5.74, 6) is 1.06. The summed E-state index contributed by atoms with van der Waals surface area (Å²) < 4.78 is 5.62. The number of rotatable bonds is 1. The quantitative estimate of drug-likeness (QED) is 0.633. The lowest BCUT2D eigenvalue weighted by molar-refractivity contribution is 0.323. The lowest BCUT2D eigenvalue weighted by Crippen LogP contribution is -2.05. The van der Waals surface area contributed by atoms with Crippen molar-refractivity contribution >= 4 is 11.8 Å². The van der Waals surface area contributed by atoms with Gasteiger partial charge in [-0.3, -0.25) is 0 Å². The summed E-state index contributed by atoms with van der Waals surface area (Å²) >= 11 is 1.77. The van der Waals surface area contributed by atoms with Gasteiger partial charge in [0.1, 0.15) is 11.2 Å². The van der Waals surface area contributed by atoms with Crippen LogP contribution in [0.4, 0.5) is 0 Å². The number of hydrogen-bond donors (Lipinski definition) is 0. The fourth-order valence-electron chi connectivity index (χ4n) is 1.28. The molecule has 0 radical (unpaired) electrons. The van der Waals surface area contributed by atoms with Crippen LogP contribution in [0.25, 0.3) is 0 Å². The van der Waals surface area contributed by atoms with Crippen molar-refractivity contribution in [3.63, 3.8) is 0 Å². The first-order chi connectivity index (χ1) is 5.40. The topological polar surface area (TPSA) is 9.23 Å². The summed E-state index contributed by atoms with van der Waals surface area (Å²) in [5.41, 5.74) is 1.68. The predicted octanol–water partition coefficient (Wildman–Crippen LogP) is 2.31. The molecule has 1 aromatic carbocycles. The second-order valence-corrected chi connectivity index (χ2v) is 3.59. The highest BCUT2D eigenvalue weighted by Gasteiger charge is 2.20. The molecule has 1 aromatic rings. The van der Waals surface area contributed by atoms with E-state index >= 15 is 0 Å². The zero-order valence-corrected chi connectivity index (χ0v) is 7.23. The van der Waals surface area contributed by atoms with E-state index in [9.17, 15) is 0 Å². The lowest BCUT2D eigenvalue weighted by Gasteiger charge is -2.04. The number of thioether (sulfide) groups is 1. The van der Waals surface area contributed by atoms with Crippen molar-refractivity contribution in [1.29, 1.82) is 0 Å². The van der Waals surface area contributed by atoms with Gasteiger partial charge in [-0.15, -0.1) is 11.8 Å². The van der Waals surface area contributed by atoms with E-state index in [1.165, 1.54) is 5.56 Å². The average molecular weight is 166 g/mol. The molecule has 58 valence electrons. The SMILES string of the molecule is CSC1Cc2ccccc2O1. The van der Waals surface area contributed by atoms with E-state index < -0.39 is 0 Å². The van der Waals surface area contributed by atoms with Crippen molar-refractivity contribution in [2.45, 2.75) is 11.9 Å². The van der Waals surface area contributed by atoms with Crippen LogP contribution in [-0.4, -0.2) is 11.7 Å². The Morgan fingerprint density at radius 3 is 3.00 bits per heavy atom. The second kappa shape index (κ2) is 2.78. The third-order valence-electron chi connectivity index (χ3n) is 1.88. The Balaban J connectivity index is 2.27. The minimum Gasteiger partial charge on any atom is -0.479 e. The van der Waals surface area contributed by atoms with Gasteiger partial charge in [0.05, 0.1) is 0 Å². The molecule has 0 fully saturated rings. The van der Waals surface area contributed by atoms with Crippen LogP contribution in [0.15, 0.2) is 24.3 Å². The number of hydrogen-bond acceptors (Lipinski definition) is 2. The molecule has 11 heavy (non-hydrogen) atoms. The maximum absolute atomic E-state index is 5.62. The first-order valence-electron chi connectivity index (χ1n) is 3.67. The van der Waals surface area contributed by atoms with Crippen molar-refractivity contribution in [2.75, 3.05) is 6.26 Å². The second-order valence-electron chi connectivity index (χ2n) is 2.59. The van der Waals surface area contributed by atoms with E-state index in [4.69, 9.17) is 4.74 Å². The van der Waals surface area contributed by atoms with Gasteiger partial charge in [-0.25, -0.2) is 0 Å². The highest BCUT2D eigenvalue weighted by atomic mass is 32.2. The van der Waals surface area contributed by atoms with Gasteiger partial charge in [0.15, 0.2) is 0 Å². The molecule has 0 aliphatic carbocycles. The fraction of sp³-hybridized carbons (Fsp3) is 0.333. The van der Waals surface area contributed by atoms with E-state index in [0.29, 0.717) is 5.44 Å². The molecule has 1 heterocycles. The molecule has 0 N–H and O–H groups in total. The first-order valence-corrected chi connectivity index (χ1v) is 4.96. The molecule has 1 nitrogen and oxygen atoms in total. The van der Waals surface area contributed by atoms with Crippen molar-refractivity contribution < 1.29 is 4.74 Å². The number of ether oxygens (including phenoxy) is 1. The van der Waals surface area contributed by atoms with Crippen LogP contribution in [0.3, 0.4) is 0 Å². The molecule has 1 atom stereocenters. The Labute approximate surface area is 70.8 Å². The van der Waals surface area contributed by atoms with Gasteiger partial charge in [-0.1, -0.05) is 18.2 Å². The first kappa shape index (κ1) is 7.04. The van der Waals surface area contributed by atoms with Crippen molar-refractivity contribution in [2.24, 2.45) is 0 Å². The van der Waals surface area contributed by atoms with Gasteiger partial charge in [0, 0.05) is 6.42 Å². The lowest BCUT2D eigenvalue weighted by atomic mass is 10.2. The van der Waals surface area contributed by atoms with Crippen LogP contribution in [0.5, 0.6) is 5.75 Å². The maximum atomic E-state index is 5.62. The molecule has 1 aliphatic heterocycles. The number of para-hydroxylation sites is 1. The summed E-state index contributed by atoms with van der Waals surface area (Å²) in [6, 6.07) is 8.24. The third-order valence-corrected chi connectivity index (χ3v) is 2.67.